The molecule has 0 radical (unpaired) electrons. The highest BCUT2D eigenvalue weighted by Crippen LogP contribution is 2.08. The van der Waals surface area contributed by atoms with Crippen LogP contribution in [0.1, 0.15) is 25.8 Å². The van der Waals surface area contributed by atoms with Gasteiger partial charge in [0.25, 0.3) is 0 Å². The van der Waals surface area contributed by atoms with E-state index in [0.29, 0.717) is 11.9 Å². The van der Waals surface area contributed by atoms with Crippen molar-refractivity contribution in [3.05, 3.63) is 18.0 Å². The van der Waals surface area contributed by atoms with E-state index in [2.05, 4.69) is 29.1 Å². The van der Waals surface area contributed by atoms with Crippen LogP contribution in [0, 0.1) is 12.8 Å². The molecule has 4 heteroatoms. The van der Waals surface area contributed by atoms with E-state index in [1.807, 2.05) is 6.92 Å². The molecule has 1 unspecified atom stereocenters. The molecule has 0 spiro atoms. The molecule has 0 aliphatic heterocycles. The minimum atomic E-state index is 0.0349. The van der Waals surface area contributed by atoms with Crippen molar-refractivity contribution in [3.8, 4) is 0 Å². The van der Waals surface area contributed by atoms with E-state index in [4.69, 9.17) is 0 Å². The first-order valence-corrected chi connectivity index (χ1v) is 5.28. The number of aliphatic hydroxyl groups is 1. The van der Waals surface area contributed by atoms with Crippen molar-refractivity contribution >= 4 is 5.95 Å². The fourth-order valence-corrected chi connectivity index (χ4v) is 1.40. The Balaban J connectivity index is 2.54. The molecule has 1 rings (SSSR count). The molecule has 84 valence electrons. The zero-order chi connectivity index (χ0) is 11.3. The van der Waals surface area contributed by atoms with Gasteiger partial charge in [0.05, 0.1) is 12.6 Å². The lowest BCUT2D eigenvalue weighted by Crippen LogP contribution is -2.26. The Bertz CT molecular complexity index is 284. The van der Waals surface area contributed by atoms with Crippen molar-refractivity contribution in [1.29, 1.82) is 0 Å². The molecular formula is C11H19N3O. The largest absolute Gasteiger partial charge is 0.394 e. The van der Waals surface area contributed by atoms with Gasteiger partial charge >= 0.3 is 0 Å². The molecule has 1 atom stereocenters. The average Bonchev–Trinajstić information content (AvgIpc) is 2.19. The van der Waals surface area contributed by atoms with Gasteiger partial charge < -0.3 is 10.4 Å². The zero-order valence-electron chi connectivity index (χ0n) is 9.57. The summed E-state index contributed by atoms with van der Waals surface area (Å²) in [6.45, 7) is 6.30. The van der Waals surface area contributed by atoms with Gasteiger partial charge in [0.2, 0.25) is 5.95 Å². The number of nitrogens with one attached hydrogen (secondary N) is 1. The van der Waals surface area contributed by atoms with E-state index in [0.717, 1.165) is 12.0 Å². The number of aliphatic hydroxyl groups excluding tert-OH is 1. The second kappa shape index (κ2) is 5.66. The summed E-state index contributed by atoms with van der Waals surface area (Å²) in [4.78, 5) is 8.28. The van der Waals surface area contributed by atoms with Crippen molar-refractivity contribution in [2.45, 2.75) is 33.2 Å². The summed E-state index contributed by atoms with van der Waals surface area (Å²) in [5.74, 6) is 1.13. The Kier molecular flexibility index (Phi) is 4.49. The summed E-state index contributed by atoms with van der Waals surface area (Å²) in [7, 11) is 0. The number of rotatable bonds is 5. The normalized spacial score (nSPS) is 12.9. The Morgan fingerprint density at radius 2 is 1.93 bits per heavy atom. The van der Waals surface area contributed by atoms with Crippen molar-refractivity contribution in [2.75, 3.05) is 11.9 Å². The van der Waals surface area contributed by atoms with E-state index >= 15 is 0 Å². The standard InChI is InChI=1S/C11H19N3O/c1-8(2)4-10(7-15)14-11-12-5-9(3)6-13-11/h5-6,8,10,15H,4,7H2,1-3H3,(H,12,13,14). The molecule has 4 nitrogen and oxygen atoms in total. The van der Waals surface area contributed by atoms with Gasteiger partial charge in [-0.1, -0.05) is 13.8 Å². The van der Waals surface area contributed by atoms with Gasteiger partial charge in [0, 0.05) is 12.4 Å². The summed E-state index contributed by atoms with van der Waals surface area (Å²) in [6, 6.07) is 0.0349. The van der Waals surface area contributed by atoms with E-state index in [-0.39, 0.29) is 12.6 Å². The quantitative estimate of drug-likeness (QED) is 0.773. The van der Waals surface area contributed by atoms with Gasteiger partial charge in [-0.15, -0.1) is 0 Å². The Morgan fingerprint density at radius 3 is 2.40 bits per heavy atom. The second-order valence-electron chi connectivity index (χ2n) is 4.24. The van der Waals surface area contributed by atoms with E-state index in [1.54, 1.807) is 12.4 Å². The first-order valence-electron chi connectivity index (χ1n) is 5.28. The van der Waals surface area contributed by atoms with Crippen LogP contribution in [0.2, 0.25) is 0 Å². The zero-order valence-corrected chi connectivity index (χ0v) is 9.57. The summed E-state index contributed by atoms with van der Waals surface area (Å²) >= 11 is 0. The molecule has 0 fully saturated rings. The van der Waals surface area contributed by atoms with Crippen molar-refractivity contribution in [1.82, 2.24) is 9.97 Å². The molecule has 1 heterocycles. The monoisotopic (exact) mass is 209 g/mol. The number of aryl methyl sites for hydroxylation is 1. The lowest BCUT2D eigenvalue weighted by molar-refractivity contribution is 0.259. The molecular weight excluding hydrogens is 190 g/mol. The Morgan fingerprint density at radius 1 is 1.33 bits per heavy atom. The third kappa shape index (κ3) is 4.25. The van der Waals surface area contributed by atoms with Crippen molar-refractivity contribution in [3.63, 3.8) is 0 Å². The van der Waals surface area contributed by atoms with Gasteiger partial charge in [-0.2, -0.15) is 0 Å². The molecule has 0 bridgehead atoms. The van der Waals surface area contributed by atoms with Crippen LogP contribution < -0.4 is 5.32 Å². The predicted molar refractivity (Wildman–Crippen MR) is 60.7 cm³/mol. The van der Waals surface area contributed by atoms with Crippen LogP contribution in [0.3, 0.4) is 0 Å². The Hall–Kier alpha value is -1.16. The first kappa shape index (κ1) is 11.9. The molecule has 0 saturated heterocycles. The molecule has 2 N–H and O–H groups in total. The second-order valence-corrected chi connectivity index (χ2v) is 4.24. The molecule has 0 amide bonds. The Labute approximate surface area is 90.8 Å². The molecule has 1 aromatic rings. The lowest BCUT2D eigenvalue weighted by Gasteiger charge is -2.17. The smallest absolute Gasteiger partial charge is 0.222 e. The lowest BCUT2D eigenvalue weighted by atomic mass is 10.0. The highest BCUT2D eigenvalue weighted by molar-refractivity contribution is 5.25. The summed E-state index contributed by atoms with van der Waals surface area (Å²) in [5.41, 5.74) is 1.03. The van der Waals surface area contributed by atoms with E-state index < -0.39 is 0 Å². The third-order valence-electron chi connectivity index (χ3n) is 2.09. The van der Waals surface area contributed by atoms with Crippen LogP contribution in [0.4, 0.5) is 5.95 Å². The SMILES string of the molecule is Cc1cnc(NC(CO)CC(C)C)nc1. The number of aromatic nitrogens is 2. The van der Waals surface area contributed by atoms with Crippen LogP contribution in [0.15, 0.2) is 12.4 Å². The van der Waals surface area contributed by atoms with Crippen LogP contribution >= 0.6 is 0 Å². The first-order chi connectivity index (χ1) is 7.11. The average molecular weight is 209 g/mol. The minimum Gasteiger partial charge on any atom is -0.394 e. The number of hydrogen-bond donors (Lipinski definition) is 2. The van der Waals surface area contributed by atoms with Crippen molar-refractivity contribution in [2.24, 2.45) is 5.92 Å². The fourth-order valence-electron chi connectivity index (χ4n) is 1.40. The maximum Gasteiger partial charge on any atom is 0.222 e. The third-order valence-corrected chi connectivity index (χ3v) is 2.09. The van der Waals surface area contributed by atoms with Crippen LogP contribution in [0.25, 0.3) is 0 Å². The van der Waals surface area contributed by atoms with E-state index in [1.165, 1.54) is 0 Å². The molecule has 15 heavy (non-hydrogen) atoms. The summed E-state index contributed by atoms with van der Waals surface area (Å²) in [6.07, 6.45) is 4.44. The minimum absolute atomic E-state index is 0.0349. The number of anilines is 1. The van der Waals surface area contributed by atoms with Crippen LogP contribution in [0.5, 0.6) is 0 Å². The predicted octanol–water partition coefficient (Wildman–Crippen LogP) is 1.60. The fraction of sp³-hybridized carbons (Fsp3) is 0.636. The molecule has 0 aromatic carbocycles. The van der Waals surface area contributed by atoms with Crippen LogP contribution in [-0.2, 0) is 0 Å². The number of nitrogens with zero attached hydrogens (tertiary/aromatic N) is 2. The van der Waals surface area contributed by atoms with Gasteiger partial charge in [-0.05, 0) is 24.8 Å². The summed E-state index contributed by atoms with van der Waals surface area (Å²) in [5, 5.41) is 12.3. The van der Waals surface area contributed by atoms with Gasteiger partial charge in [-0.3, -0.25) is 0 Å². The highest BCUT2D eigenvalue weighted by Gasteiger charge is 2.10. The topological polar surface area (TPSA) is 58.0 Å². The van der Waals surface area contributed by atoms with Gasteiger partial charge in [0.1, 0.15) is 0 Å². The maximum atomic E-state index is 9.17. The number of hydrogen-bond acceptors (Lipinski definition) is 4. The van der Waals surface area contributed by atoms with Gasteiger partial charge in [-0.25, -0.2) is 9.97 Å². The highest BCUT2D eigenvalue weighted by atomic mass is 16.3. The van der Waals surface area contributed by atoms with Crippen molar-refractivity contribution < 1.29 is 5.11 Å². The molecule has 0 aliphatic rings. The molecule has 0 saturated carbocycles. The van der Waals surface area contributed by atoms with Crippen LogP contribution in [-0.4, -0.2) is 27.7 Å². The molecule has 0 aliphatic carbocycles. The summed E-state index contributed by atoms with van der Waals surface area (Å²) < 4.78 is 0. The van der Waals surface area contributed by atoms with E-state index in [9.17, 15) is 5.11 Å². The molecule has 1 aromatic heterocycles. The van der Waals surface area contributed by atoms with Gasteiger partial charge in [0.15, 0.2) is 0 Å². The maximum absolute atomic E-state index is 9.17.